The van der Waals surface area contributed by atoms with Crippen molar-refractivity contribution in [2.45, 2.75) is 20.3 Å². The Kier molecular flexibility index (Phi) is 2.79. The first-order valence-electron chi connectivity index (χ1n) is 4.48. The van der Waals surface area contributed by atoms with Gasteiger partial charge in [0.1, 0.15) is 0 Å². The van der Waals surface area contributed by atoms with Crippen molar-refractivity contribution in [1.29, 1.82) is 0 Å². The van der Waals surface area contributed by atoms with E-state index in [9.17, 15) is 0 Å². The molecule has 2 heteroatoms. The quantitative estimate of drug-likeness (QED) is 0.651. The Morgan fingerprint density at radius 2 is 2.33 bits per heavy atom. The number of hydrogen-bond acceptors (Lipinski definition) is 2. The van der Waals surface area contributed by atoms with Crippen molar-refractivity contribution in [2.75, 3.05) is 13.6 Å². The van der Waals surface area contributed by atoms with Crippen LogP contribution in [0.2, 0.25) is 0 Å². The van der Waals surface area contributed by atoms with E-state index in [1.165, 1.54) is 17.7 Å². The SMILES string of the molecule is C=C(NC)C1=C(C)NCC[C@@H]1C. The Balaban J connectivity index is 2.88. The first-order chi connectivity index (χ1) is 5.66. The normalized spacial score (nSPS) is 23.4. The third-order valence-corrected chi connectivity index (χ3v) is 2.49. The molecule has 2 nitrogen and oxygen atoms in total. The second-order valence-corrected chi connectivity index (χ2v) is 3.38. The minimum atomic E-state index is 0.631. The van der Waals surface area contributed by atoms with Gasteiger partial charge in [0.2, 0.25) is 0 Å². The lowest BCUT2D eigenvalue weighted by atomic mass is 9.91. The second-order valence-electron chi connectivity index (χ2n) is 3.38. The van der Waals surface area contributed by atoms with Crippen molar-refractivity contribution < 1.29 is 0 Å². The van der Waals surface area contributed by atoms with Crippen molar-refractivity contribution >= 4 is 0 Å². The molecule has 0 aromatic rings. The van der Waals surface area contributed by atoms with Gasteiger partial charge < -0.3 is 10.6 Å². The van der Waals surface area contributed by atoms with Gasteiger partial charge in [-0.05, 0) is 24.8 Å². The maximum atomic E-state index is 3.99. The largest absolute Gasteiger partial charge is 0.388 e. The van der Waals surface area contributed by atoms with E-state index in [2.05, 4.69) is 31.1 Å². The zero-order valence-electron chi connectivity index (χ0n) is 8.20. The molecule has 1 rings (SSSR count). The molecule has 1 heterocycles. The van der Waals surface area contributed by atoms with Gasteiger partial charge >= 0.3 is 0 Å². The summed E-state index contributed by atoms with van der Waals surface area (Å²) < 4.78 is 0. The highest BCUT2D eigenvalue weighted by atomic mass is 14.9. The van der Waals surface area contributed by atoms with Crippen LogP contribution in [0, 0.1) is 5.92 Å². The van der Waals surface area contributed by atoms with Gasteiger partial charge in [0.05, 0.1) is 0 Å². The summed E-state index contributed by atoms with van der Waals surface area (Å²) in [4.78, 5) is 0. The maximum absolute atomic E-state index is 3.99. The van der Waals surface area contributed by atoms with Crippen molar-refractivity contribution in [3.05, 3.63) is 23.5 Å². The highest BCUT2D eigenvalue weighted by molar-refractivity contribution is 5.33. The van der Waals surface area contributed by atoms with Crippen LogP contribution in [-0.2, 0) is 0 Å². The Morgan fingerprint density at radius 3 is 2.83 bits per heavy atom. The van der Waals surface area contributed by atoms with E-state index in [-0.39, 0.29) is 0 Å². The van der Waals surface area contributed by atoms with Gasteiger partial charge in [-0.1, -0.05) is 13.5 Å². The van der Waals surface area contributed by atoms with Gasteiger partial charge in [-0.2, -0.15) is 0 Å². The van der Waals surface area contributed by atoms with E-state index in [0.29, 0.717) is 5.92 Å². The molecule has 0 unspecified atom stereocenters. The zero-order chi connectivity index (χ0) is 9.14. The lowest BCUT2D eigenvalue weighted by Gasteiger charge is -2.26. The zero-order valence-corrected chi connectivity index (χ0v) is 8.20. The van der Waals surface area contributed by atoms with E-state index in [0.717, 1.165) is 12.2 Å². The van der Waals surface area contributed by atoms with Gasteiger partial charge in [-0.15, -0.1) is 0 Å². The van der Waals surface area contributed by atoms with Crippen LogP contribution in [0.5, 0.6) is 0 Å². The van der Waals surface area contributed by atoms with Crippen LogP contribution >= 0.6 is 0 Å². The molecule has 0 aromatic carbocycles. The molecule has 0 radical (unpaired) electrons. The molecule has 0 aliphatic carbocycles. The fraction of sp³-hybridized carbons (Fsp3) is 0.600. The summed E-state index contributed by atoms with van der Waals surface area (Å²) in [5.74, 6) is 0.631. The number of rotatable bonds is 2. The molecule has 0 spiro atoms. The lowest BCUT2D eigenvalue weighted by molar-refractivity contribution is 0.535. The molecule has 0 bridgehead atoms. The van der Waals surface area contributed by atoms with Gasteiger partial charge in [0, 0.05) is 25.0 Å². The van der Waals surface area contributed by atoms with E-state index in [1.54, 1.807) is 0 Å². The molecule has 0 fully saturated rings. The molecule has 1 atom stereocenters. The number of likely N-dealkylation sites (N-methyl/N-ethyl adjacent to an activating group) is 1. The summed E-state index contributed by atoms with van der Waals surface area (Å²) in [5, 5.41) is 6.46. The molecular formula is C10H18N2. The predicted octanol–water partition coefficient (Wildman–Crippen LogP) is 1.62. The standard InChI is InChI=1S/C10H18N2/c1-7-5-6-12-9(3)10(7)8(2)11-4/h7,11-12H,2,5-6H2,1,3-4H3/t7-/m0/s1. The minimum absolute atomic E-state index is 0.631. The van der Waals surface area contributed by atoms with Gasteiger partial charge in [0.25, 0.3) is 0 Å². The predicted molar refractivity (Wildman–Crippen MR) is 52.7 cm³/mol. The number of allylic oxidation sites excluding steroid dienone is 2. The van der Waals surface area contributed by atoms with Crippen LogP contribution in [0.1, 0.15) is 20.3 Å². The molecule has 0 saturated heterocycles. The summed E-state index contributed by atoms with van der Waals surface area (Å²) in [6, 6.07) is 0. The number of hydrogen-bond donors (Lipinski definition) is 2. The summed E-state index contributed by atoms with van der Waals surface area (Å²) in [6.07, 6.45) is 1.20. The first kappa shape index (κ1) is 9.17. The maximum Gasteiger partial charge on any atom is 0.0317 e. The molecule has 68 valence electrons. The fourth-order valence-electron chi connectivity index (χ4n) is 1.74. The Bertz CT molecular complexity index is 216. The van der Waals surface area contributed by atoms with E-state index in [1.807, 2.05) is 7.05 Å². The van der Waals surface area contributed by atoms with Crippen LogP contribution in [-0.4, -0.2) is 13.6 Å². The first-order valence-corrected chi connectivity index (χ1v) is 4.48. The highest BCUT2D eigenvalue weighted by Crippen LogP contribution is 2.25. The molecule has 0 aromatic heterocycles. The third kappa shape index (κ3) is 1.63. The summed E-state index contributed by atoms with van der Waals surface area (Å²) in [6.45, 7) is 9.45. The van der Waals surface area contributed by atoms with Crippen LogP contribution in [0.4, 0.5) is 0 Å². The average molecular weight is 166 g/mol. The smallest absolute Gasteiger partial charge is 0.0317 e. The summed E-state index contributed by atoms with van der Waals surface area (Å²) >= 11 is 0. The van der Waals surface area contributed by atoms with Crippen molar-refractivity contribution in [2.24, 2.45) is 5.92 Å². The molecule has 2 N–H and O–H groups in total. The summed E-state index contributed by atoms with van der Waals surface area (Å²) in [5.41, 5.74) is 3.67. The monoisotopic (exact) mass is 166 g/mol. The van der Waals surface area contributed by atoms with Crippen LogP contribution < -0.4 is 10.6 Å². The average Bonchev–Trinajstić information content (AvgIpc) is 2.03. The van der Waals surface area contributed by atoms with Gasteiger partial charge in [-0.3, -0.25) is 0 Å². The Labute approximate surface area is 74.7 Å². The highest BCUT2D eigenvalue weighted by Gasteiger charge is 2.18. The van der Waals surface area contributed by atoms with Crippen LogP contribution in [0.3, 0.4) is 0 Å². The Hall–Kier alpha value is -0.920. The van der Waals surface area contributed by atoms with Gasteiger partial charge in [-0.25, -0.2) is 0 Å². The molecule has 12 heavy (non-hydrogen) atoms. The number of nitrogens with one attached hydrogen (secondary N) is 2. The fourth-order valence-corrected chi connectivity index (χ4v) is 1.74. The minimum Gasteiger partial charge on any atom is -0.388 e. The lowest BCUT2D eigenvalue weighted by Crippen LogP contribution is -2.28. The molecule has 1 aliphatic rings. The molecular weight excluding hydrogens is 148 g/mol. The molecule has 0 saturated carbocycles. The van der Waals surface area contributed by atoms with E-state index < -0.39 is 0 Å². The molecule has 0 amide bonds. The van der Waals surface area contributed by atoms with E-state index in [4.69, 9.17) is 0 Å². The topological polar surface area (TPSA) is 24.1 Å². The molecule has 1 aliphatic heterocycles. The van der Waals surface area contributed by atoms with Gasteiger partial charge in [0.15, 0.2) is 0 Å². The summed E-state index contributed by atoms with van der Waals surface area (Å²) in [7, 11) is 1.92. The van der Waals surface area contributed by atoms with Crippen molar-refractivity contribution in [3.63, 3.8) is 0 Å². The van der Waals surface area contributed by atoms with Crippen LogP contribution in [0.25, 0.3) is 0 Å². The van der Waals surface area contributed by atoms with Crippen LogP contribution in [0.15, 0.2) is 23.5 Å². The van der Waals surface area contributed by atoms with Crippen molar-refractivity contribution in [1.82, 2.24) is 10.6 Å². The second kappa shape index (κ2) is 3.65. The Morgan fingerprint density at radius 1 is 1.67 bits per heavy atom. The van der Waals surface area contributed by atoms with Crippen molar-refractivity contribution in [3.8, 4) is 0 Å². The third-order valence-electron chi connectivity index (χ3n) is 2.49. The van der Waals surface area contributed by atoms with E-state index >= 15 is 0 Å².